The van der Waals surface area contributed by atoms with Gasteiger partial charge in [0, 0.05) is 12.4 Å². The second-order valence-corrected chi connectivity index (χ2v) is 6.53. The molecule has 3 N–H and O–H groups in total. The van der Waals surface area contributed by atoms with E-state index in [9.17, 15) is 8.42 Å². The van der Waals surface area contributed by atoms with Crippen molar-refractivity contribution in [2.45, 2.75) is 24.3 Å². The van der Waals surface area contributed by atoms with Crippen LogP contribution in [0.4, 0.5) is 0 Å². The quantitative estimate of drug-likeness (QED) is 0.717. The third-order valence-electron chi connectivity index (χ3n) is 3.16. The molecule has 114 valence electrons. The molecule has 0 saturated carbocycles. The van der Waals surface area contributed by atoms with Crippen LogP contribution in [0.3, 0.4) is 0 Å². The fraction of sp³-hybridized carbons (Fsp3) is 0.357. The van der Waals surface area contributed by atoms with Crippen molar-refractivity contribution in [3.05, 3.63) is 48.0 Å². The fourth-order valence-corrected chi connectivity index (χ4v) is 3.18. The van der Waals surface area contributed by atoms with Crippen LogP contribution in [0.15, 0.2) is 41.6 Å². The van der Waals surface area contributed by atoms with Crippen molar-refractivity contribution in [1.82, 2.24) is 20.0 Å². The van der Waals surface area contributed by atoms with Gasteiger partial charge in [-0.2, -0.15) is 0 Å². The molecule has 0 amide bonds. The summed E-state index contributed by atoms with van der Waals surface area (Å²) in [6.45, 7) is 2.61. The van der Waals surface area contributed by atoms with Gasteiger partial charge in [-0.25, -0.2) is 18.1 Å². The van der Waals surface area contributed by atoms with Gasteiger partial charge in [-0.1, -0.05) is 12.1 Å². The Morgan fingerprint density at radius 2 is 2.00 bits per heavy atom. The molecule has 1 atom stereocenters. The summed E-state index contributed by atoms with van der Waals surface area (Å²) in [5, 5.41) is 3.06. The number of sulfonamides is 1. The Hall–Kier alpha value is -1.70. The lowest BCUT2D eigenvalue weighted by atomic mass is 10.1. The van der Waals surface area contributed by atoms with Gasteiger partial charge in [0.1, 0.15) is 5.82 Å². The number of aromatic amines is 1. The average molecular weight is 308 g/mol. The van der Waals surface area contributed by atoms with Crippen LogP contribution in [0.25, 0.3) is 0 Å². The number of imidazole rings is 1. The van der Waals surface area contributed by atoms with E-state index in [1.165, 1.54) is 0 Å². The first-order valence-corrected chi connectivity index (χ1v) is 8.26. The largest absolute Gasteiger partial charge is 0.347 e. The highest BCUT2D eigenvalue weighted by Gasteiger charge is 2.19. The van der Waals surface area contributed by atoms with Gasteiger partial charge in [-0.3, -0.25) is 0 Å². The SMILES string of the molecule is CNCCc1ccc(S(=O)(=O)NC(C)c2ncc[nH]2)cc1. The lowest BCUT2D eigenvalue weighted by molar-refractivity contribution is 0.561. The summed E-state index contributed by atoms with van der Waals surface area (Å²) in [7, 11) is -1.66. The molecule has 0 radical (unpaired) electrons. The van der Waals surface area contributed by atoms with Crippen molar-refractivity contribution in [2.24, 2.45) is 0 Å². The van der Waals surface area contributed by atoms with E-state index in [2.05, 4.69) is 20.0 Å². The van der Waals surface area contributed by atoms with E-state index in [-0.39, 0.29) is 4.90 Å². The van der Waals surface area contributed by atoms with Crippen LogP contribution in [0.5, 0.6) is 0 Å². The average Bonchev–Trinajstić information content (AvgIpc) is 2.99. The van der Waals surface area contributed by atoms with Crippen LogP contribution in [-0.4, -0.2) is 32.0 Å². The fourth-order valence-electron chi connectivity index (χ4n) is 1.98. The number of hydrogen-bond acceptors (Lipinski definition) is 4. The van der Waals surface area contributed by atoms with Gasteiger partial charge in [0.25, 0.3) is 0 Å². The van der Waals surface area contributed by atoms with Gasteiger partial charge < -0.3 is 10.3 Å². The number of aromatic nitrogens is 2. The van der Waals surface area contributed by atoms with Crippen molar-refractivity contribution in [3.8, 4) is 0 Å². The summed E-state index contributed by atoms with van der Waals surface area (Å²) in [6.07, 6.45) is 4.13. The normalized spacial score (nSPS) is 13.2. The summed E-state index contributed by atoms with van der Waals surface area (Å²) in [5.74, 6) is 0.587. The Labute approximate surface area is 125 Å². The molecule has 2 rings (SSSR count). The van der Waals surface area contributed by atoms with Crippen LogP contribution in [-0.2, 0) is 16.4 Å². The summed E-state index contributed by atoms with van der Waals surface area (Å²) >= 11 is 0. The van der Waals surface area contributed by atoms with Crippen molar-refractivity contribution < 1.29 is 8.42 Å². The third-order valence-corrected chi connectivity index (χ3v) is 4.72. The zero-order valence-electron chi connectivity index (χ0n) is 12.1. The molecule has 1 aromatic carbocycles. The van der Waals surface area contributed by atoms with E-state index < -0.39 is 16.1 Å². The summed E-state index contributed by atoms with van der Waals surface area (Å²) in [4.78, 5) is 7.21. The number of nitrogens with zero attached hydrogens (tertiary/aromatic N) is 1. The predicted molar refractivity (Wildman–Crippen MR) is 81.4 cm³/mol. The van der Waals surface area contributed by atoms with Crippen LogP contribution in [0, 0.1) is 0 Å². The van der Waals surface area contributed by atoms with Crippen molar-refractivity contribution >= 4 is 10.0 Å². The molecule has 6 nitrogen and oxygen atoms in total. The monoisotopic (exact) mass is 308 g/mol. The predicted octanol–water partition coefficient (Wildman–Crippen LogP) is 1.21. The molecule has 0 spiro atoms. The molecule has 1 unspecified atom stereocenters. The second kappa shape index (κ2) is 6.84. The zero-order chi connectivity index (χ0) is 15.3. The van der Waals surface area contributed by atoms with Gasteiger partial charge >= 0.3 is 0 Å². The Balaban J connectivity index is 2.08. The molecule has 0 bridgehead atoms. The highest BCUT2D eigenvalue weighted by molar-refractivity contribution is 7.89. The van der Waals surface area contributed by atoms with E-state index in [1.54, 1.807) is 31.5 Å². The topological polar surface area (TPSA) is 86.9 Å². The second-order valence-electron chi connectivity index (χ2n) is 4.81. The molecular formula is C14H20N4O2S. The molecule has 0 aliphatic carbocycles. The van der Waals surface area contributed by atoms with Gasteiger partial charge in [0.05, 0.1) is 10.9 Å². The Kier molecular flexibility index (Phi) is 5.11. The van der Waals surface area contributed by atoms with Gasteiger partial charge in [-0.05, 0) is 44.6 Å². The number of hydrogen-bond donors (Lipinski definition) is 3. The van der Waals surface area contributed by atoms with E-state index in [0.29, 0.717) is 5.82 Å². The van der Waals surface area contributed by atoms with E-state index in [0.717, 1.165) is 18.5 Å². The van der Waals surface area contributed by atoms with Crippen molar-refractivity contribution in [3.63, 3.8) is 0 Å². The number of benzene rings is 1. The summed E-state index contributed by atoms with van der Waals surface area (Å²) < 4.78 is 27.2. The van der Waals surface area contributed by atoms with E-state index in [1.807, 2.05) is 19.2 Å². The minimum atomic E-state index is -3.55. The lowest BCUT2D eigenvalue weighted by Crippen LogP contribution is -2.27. The maximum absolute atomic E-state index is 12.3. The standard InChI is InChI=1S/C14H20N4O2S/c1-11(14-16-9-10-17-14)18-21(19,20)13-5-3-12(4-6-13)7-8-15-2/h3-6,9-11,15,18H,7-8H2,1-2H3,(H,16,17). The van der Waals surface area contributed by atoms with E-state index in [4.69, 9.17) is 0 Å². The number of likely N-dealkylation sites (N-methyl/N-ethyl adjacent to an activating group) is 1. The number of nitrogens with one attached hydrogen (secondary N) is 3. The van der Waals surface area contributed by atoms with Gasteiger partial charge in [-0.15, -0.1) is 0 Å². The maximum Gasteiger partial charge on any atom is 0.241 e. The third kappa shape index (κ3) is 4.13. The molecular weight excluding hydrogens is 288 g/mol. The Morgan fingerprint density at radius 3 is 2.57 bits per heavy atom. The van der Waals surface area contributed by atoms with Crippen molar-refractivity contribution in [1.29, 1.82) is 0 Å². The molecule has 1 heterocycles. The first-order valence-electron chi connectivity index (χ1n) is 6.78. The molecule has 0 aliphatic rings. The highest BCUT2D eigenvalue weighted by atomic mass is 32.2. The molecule has 21 heavy (non-hydrogen) atoms. The number of rotatable bonds is 7. The summed E-state index contributed by atoms with van der Waals surface area (Å²) in [6, 6.07) is 6.52. The smallest absolute Gasteiger partial charge is 0.241 e. The maximum atomic E-state index is 12.3. The van der Waals surface area contributed by atoms with Crippen molar-refractivity contribution in [2.75, 3.05) is 13.6 Å². The van der Waals surface area contributed by atoms with Crippen LogP contribution < -0.4 is 10.0 Å². The molecule has 0 aliphatic heterocycles. The molecule has 0 saturated heterocycles. The Morgan fingerprint density at radius 1 is 1.29 bits per heavy atom. The summed E-state index contributed by atoms with van der Waals surface area (Å²) in [5.41, 5.74) is 1.10. The van der Waals surface area contributed by atoms with Gasteiger partial charge in [0.2, 0.25) is 10.0 Å². The Bertz CT molecular complexity index is 651. The number of H-pyrrole nitrogens is 1. The van der Waals surface area contributed by atoms with Crippen LogP contribution in [0.2, 0.25) is 0 Å². The van der Waals surface area contributed by atoms with Crippen LogP contribution >= 0.6 is 0 Å². The zero-order valence-corrected chi connectivity index (χ0v) is 12.9. The first kappa shape index (κ1) is 15.7. The van der Waals surface area contributed by atoms with Gasteiger partial charge in [0.15, 0.2) is 0 Å². The molecule has 1 aromatic heterocycles. The first-order chi connectivity index (χ1) is 10.0. The minimum Gasteiger partial charge on any atom is -0.347 e. The van der Waals surface area contributed by atoms with E-state index >= 15 is 0 Å². The molecule has 7 heteroatoms. The van der Waals surface area contributed by atoms with Crippen LogP contribution in [0.1, 0.15) is 24.4 Å². The molecule has 0 fully saturated rings. The lowest BCUT2D eigenvalue weighted by Gasteiger charge is -2.12. The highest BCUT2D eigenvalue weighted by Crippen LogP contribution is 2.15. The minimum absolute atomic E-state index is 0.258. The molecule has 2 aromatic rings.